The lowest BCUT2D eigenvalue weighted by molar-refractivity contribution is 0.105. The molecule has 1 aliphatic rings. The Kier molecular flexibility index (Phi) is 4.37. The smallest absolute Gasteiger partial charge is 0.409 e. The highest BCUT2D eigenvalue weighted by Gasteiger charge is 2.22. The second-order valence-electron chi connectivity index (χ2n) is 4.38. The summed E-state index contributed by atoms with van der Waals surface area (Å²) in [5.74, 6) is 0. The summed E-state index contributed by atoms with van der Waals surface area (Å²) in [4.78, 5) is 15.5. The summed E-state index contributed by atoms with van der Waals surface area (Å²) >= 11 is 6.18. The van der Waals surface area contributed by atoms with E-state index in [-0.39, 0.29) is 6.09 Å². The number of hydrogen-bond donors (Lipinski definition) is 1. The summed E-state index contributed by atoms with van der Waals surface area (Å²) < 4.78 is 4.99. The number of piperazine rings is 1. The molecule has 0 spiro atoms. The Bertz CT molecular complexity index is 459. The third-order valence-corrected chi connectivity index (χ3v) is 3.42. The van der Waals surface area contributed by atoms with E-state index in [9.17, 15) is 4.79 Å². The molecule has 2 rings (SSSR count). The number of nitrogens with two attached hydrogens (primary N) is 1. The Morgan fingerprint density at radius 3 is 2.63 bits per heavy atom. The molecule has 6 heteroatoms. The Morgan fingerprint density at radius 2 is 2.05 bits per heavy atom. The molecule has 0 aromatic heterocycles. The first-order valence-electron chi connectivity index (χ1n) is 6.33. The van der Waals surface area contributed by atoms with Crippen molar-refractivity contribution < 1.29 is 9.53 Å². The fourth-order valence-electron chi connectivity index (χ4n) is 2.12. The van der Waals surface area contributed by atoms with Crippen molar-refractivity contribution >= 4 is 29.1 Å². The fraction of sp³-hybridized carbons (Fsp3) is 0.462. The van der Waals surface area contributed by atoms with Crippen LogP contribution in [0.1, 0.15) is 6.92 Å². The minimum absolute atomic E-state index is 0.245. The number of halogens is 1. The molecule has 0 saturated carbocycles. The lowest BCUT2D eigenvalue weighted by atomic mass is 10.2. The van der Waals surface area contributed by atoms with E-state index in [4.69, 9.17) is 22.1 Å². The van der Waals surface area contributed by atoms with Gasteiger partial charge in [-0.05, 0) is 25.1 Å². The summed E-state index contributed by atoms with van der Waals surface area (Å²) in [5.41, 5.74) is 7.29. The van der Waals surface area contributed by atoms with Crippen LogP contribution in [0.25, 0.3) is 0 Å². The summed E-state index contributed by atoms with van der Waals surface area (Å²) in [5, 5.41) is 0.643. The Hall–Kier alpha value is -1.62. The van der Waals surface area contributed by atoms with E-state index >= 15 is 0 Å². The molecule has 0 atom stereocenters. The highest BCUT2D eigenvalue weighted by Crippen LogP contribution is 2.28. The number of nitrogens with zero attached hydrogens (tertiary/aromatic N) is 2. The van der Waals surface area contributed by atoms with Crippen LogP contribution in [0.5, 0.6) is 0 Å². The number of rotatable bonds is 2. The molecule has 1 saturated heterocycles. The molecule has 1 fully saturated rings. The van der Waals surface area contributed by atoms with E-state index in [0.717, 1.165) is 18.8 Å². The molecule has 1 heterocycles. The predicted molar refractivity (Wildman–Crippen MR) is 76.7 cm³/mol. The number of carbonyl (C=O) groups is 1. The van der Waals surface area contributed by atoms with E-state index < -0.39 is 0 Å². The van der Waals surface area contributed by atoms with Gasteiger partial charge in [0, 0.05) is 31.9 Å². The van der Waals surface area contributed by atoms with Crippen LogP contribution < -0.4 is 10.6 Å². The molecule has 1 amide bonds. The van der Waals surface area contributed by atoms with Crippen molar-refractivity contribution in [3.63, 3.8) is 0 Å². The van der Waals surface area contributed by atoms with Gasteiger partial charge in [-0.1, -0.05) is 11.6 Å². The lowest BCUT2D eigenvalue weighted by Gasteiger charge is -2.35. The first-order chi connectivity index (χ1) is 9.11. The van der Waals surface area contributed by atoms with Crippen molar-refractivity contribution in [2.24, 2.45) is 0 Å². The third kappa shape index (κ3) is 3.23. The summed E-state index contributed by atoms with van der Waals surface area (Å²) in [6.45, 7) is 4.97. The molecule has 0 radical (unpaired) electrons. The van der Waals surface area contributed by atoms with Crippen LogP contribution in [0.2, 0.25) is 5.02 Å². The van der Waals surface area contributed by atoms with Crippen molar-refractivity contribution in [2.75, 3.05) is 43.4 Å². The van der Waals surface area contributed by atoms with E-state index in [0.29, 0.717) is 30.4 Å². The summed E-state index contributed by atoms with van der Waals surface area (Å²) in [7, 11) is 0. The summed E-state index contributed by atoms with van der Waals surface area (Å²) in [6.07, 6.45) is -0.245. The van der Waals surface area contributed by atoms with Gasteiger partial charge in [0.2, 0.25) is 0 Å². The molecule has 19 heavy (non-hydrogen) atoms. The second-order valence-corrected chi connectivity index (χ2v) is 4.79. The van der Waals surface area contributed by atoms with Crippen molar-refractivity contribution in [2.45, 2.75) is 6.92 Å². The van der Waals surface area contributed by atoms with Gasteiger partial charge in [-0.3, -0.25) is 0 Å². The van der Waals surface area contributed by atoms with E-state index in [1.54, 1.807) is 11.0 Å². The van der Waals surface area contributed by atoms with Crippen LogP contribution in [-0.4, -0.2) is 43.8 Å². The molecule has 1 aromatic rings. The van der Waals surface area contributed by atoms with Crippen LogP contribution >= 0.6 is 11.6 Å². The molecule has 104 valence electrons. The zero-order valence-electron chi connectivity index (χ0n) is 10.9. The van der Waals surface area contributed by atoms with Gasteiger partial charge >= 0.3 is 6.09 Å². The molecular weight excluding hydrogens is 266 g/mol. The Balaban J connectivity index is 1.98. The standard InChI is InChI=1S/C13H18ClN3O2/c1-2-19-13(18)17-7-5-16(6-8-17)12-4-3-10(15)9-11(12)14/h3-4,9H,2,5-8,15H2,1H3. The van der Waals surface area contributed by atoms with Crippen LogP contribution in [0.4, 0.5) is 16.2 Å². The van der Waals surface area contributed by atoms with Gasteiger partial charge in [0.05, 0.1) is 17.3 Å². The van der Waals surface area contributed by atoms with E-state index in [1.807, 2.05) is 19.1 Å². The van der Waals surface area contributed by atoms with Crippen LogP contribution in [0.3, 0.4) is 0 Å². The molecule has 0 aliphatic carbocycles. The third-order valence-electron chi connectivity index (χ3n) is 3.12. The molecular formula is C13H18ClN3O2. The van der Waals surface area contributed by atoms with Crippen molar-refractivity contribution in [3.05, 3.63) is 23.2 Å². The normalized spacial score (nSPS) is 15.5. The van der Waals surface area contributed by atoms with Gasteiger partial charge in [-0.25, -0.2) is 4.79 Å². The second kappa shape index (κ2) is 6.02. The zero-order valence-corrected chi connectivity index (χ0v) is 11.7. The quantitative estimate of drug-likeness (QED) is 0.846. The predicted octanol–water partition coefficient (Wildman–Crippen LogP) is 2.20. The number of benzene rings is 1. The number of amides is 1. The van der Waals surface area contributed by atoms with Crippen molar-refractivity contribution in [1.82, 2.24) is 4.90 Å². The SMILES string of the molecule is CCOC(=O)N1CCN(c2ccc(N)cc2Cl)CC1. The lowest BCUT2D eigenvalue weighted by Crippen LogP contribution is -2.49. The largest absolute Gasteiger partial charge is 0.450 e. The van der Waals surface area contributed by atoms with Gasteiger partial charge in [0.15, 0.2) is 0 Å². The first-order valence-corrected chi connectivity index (χ1v) is 6.71. The maximum atomic E-state index is 11.6. The molecule has 0 unspecified atom stereocenters. The van der Waals surface area contributed by atoms with Gasteiger partial charge in [0.1, 0.15) is 0 Å². The van der Waals surface area contributed by atoms with E-state index in [2.05, 4.69) is 4.90 Å². The van der Waals surface area contributed by atoms with Gasteiger partial charge in [0.25, 0.3) is 0 Å². The minimum Gasteiger partial charge on any atom is -0.450 e. The van der Waals surface area contributed by atoms with Crippen LogP contribution in [-0.2, 0) is 4.74 Å². The number of carbonyl (C=O) groups excluding carboxylic acids is 1. The molecule has 1 aliphatic heterocycles. The molecule has 2 N–H and O–H groups in total. The minimum atomic E-state index is -0.245. The highest BCUT2D eigenvalue weighted by molar-refractivity contribution is 6.33. The average Bonchev–Trinajstić information content (AvgIpc) is 2.39. The van der Waals surface area contributed by atoms with Crippen molar-refractivity contribution in [1.29, 1.82) is 0 Å². The monoisotopic (exact) mass is 283 g/mol. The Morgan fingerprint density at radius 1 is 1.37 bits per heavy atom. The van der Waals surface area contributed by atoms with Crippen LogP contribution in [0.15, 0.2) is 18.2 Å². The maximum Gasteiger partial charge on any atom is 0.409 e. The fourth-order valence-corrected chi connectivity index (χ4v) is 2.43. The van der Waals surface area contributed by atoms with Crippen molar-refractivity contribution in [3.8, 4) is 0 Å². The van der Waals surface area contributed by atoms with E-state index in [1.165, 1.54) is 0 Å². The number of anilines is 2. The average molecular weight is 284 g/mol. The zero-order chi connectivity index (χ0) is 13.8. The molecule has 0 bridgehead atoms. The Labute approximate surface area is 117 Å². The highest BCUT2D eigenvalue weighted by atomic mass is 35.5. The first kappa shape index (κ1) is 13.8. The topological polar surface area (TPSA) is 58.8 Å². The van der Waals surface area contributed by atoms with Gasteiger partial charge < -0.3 is 20.3 Å². The number of hydrogen-bond acceptors (Lipinski definition) is 4. The summed E-state index contributed by atoms with van der Waals surface area (Å²) in [6, 6.07) is 5.49. The molecule has 1 aromatic carbocycles. The van der Waals surface area contributed by atoms with Crippen LogP contribution in [0, 0.1) is 0 Å². The molecule has 5 nitrogen and oxygen atoms in total. The van der Waals surface area contributed by atoms with Gasteiger partial charge in [-0.15, -0.1) is 0 Å². The maximum absolute atomic E-state index is 11.6. The van der Waals surface area contributed by atoms with Gasteiger partial charge in [-0.2, -0.15) is 0 Å². The number of ether oxygens (including phenoxy) is 1. The number of nitrogen functional groups attached to an aromatic ring is 1.